The number of halogens is 2. The normalized spacial score (nSPS) is 11.1. The molecule has 0 unspecified atom stereocenters. The summed E-state index contributed by atoms with van der Waals surface area (Å²) in [5.41, 5.74) is 4.65. The van der Waals surface area contributed by atoms with Crippen molar-refractivity contribution in [2.45, 2.75) is 10.7 Å². The maximum absolute atomic E-state index is 12.4. The number of alkyl halides is 2. The van der Waals surface area contributed by atoms with Crippen molar-refractivity contribution in [3.05, 3.63) is 65.7 Å². The van der Waals surface area contributed by atoms with Crippen molar-refractivity contribution in [3.8, 4) is 0 Å². The molecule has 0 radical (unpaired) electrons. The Morgan fingerprint density at radius 1 is 0.792 bits per heavy atom. The first-order valence-corrected chi connectivity index (χ1v) is 8.15. The van der Waals surface area contributed by atoms with E-state index in [0.29, 0.717) is 5.56 Å². The number of carbonyl (C=O) groups excluding carboxylic acids is 2. The molecule has 0 spiro atoms. The zero-order chi connectivity index (χ0) is 17.7. The van der Waals surface area contributed by atoms with Crippen LogP contribution in [0.3, 0.4) is 0 Å². The van der Waals surface area contributed by atoms with E-state index in [1.807, 2.05) is 0 Å². The van der Waals surface area contributed by atoms with Gasteiger partial charge in [0, 0.05) is 11.1 Å². The number of sulfone groups is 1. The number of nitrogens with one attached hydrogen (secondary N) is 2. The Morgan fingerprint density at radius 2 is 1.25 bits per heavy atom. The monoisotopic (exact) mass is 354 g/mol. The van der Waals surface area contributed by atoms with Gasteiger partial charge in [-0.2, -0.15) is 8.78 Å². The molecule has 0 atom stereocenters. The van der Waals surface area contributed by atoms with Crippen LogP contribution < -0.4 is 10.9 Å². The van der Waals surface area contributed by atoms with Crippen LogP contribution in [-0.2, 0) is 9.84 Å². The molecule has 0 saturated carbocycles. The fourth-order valence-electron chi connectivity index (χ4n) is 1.75. The summed E-state index contributed by atoms with van der Waals surface area (Å²) < 4.78 is 47.4. The molecule has 0 bridgehead atoms. The molecule has 126 valence electrons. The Morgan fingerprint density at radius 3 is 1.71 bits per heavy atom. The number of hydrogen-bond acceptors (Lipinski definition) is 4. The van der Waals surface area contributed by atoms with Gasteiger partial charge in [0.1, 0.15) is 0 Å². The molecule has 0 heterocycles. The summed E-state index contributed by atoms with van der Waals surface area (Å²) in [6.45, 7) is 0. The predicted molar refractivity (Wildman–Crippen MR) is 81.0 cm³/mol. The van der Waals surface area contributed by atoms with Crippen molar-refractivity contribution in [1.82, 2.24) is 10.9 Å². The molecule has 2 aromatic carbocycles. The zero-order valence-electron chi connectivity index (χ0n) is 12.1. The van der Waals surface area contributed by atoms with Gasteiger partial charge in [-0.3, -0.25) is 20.4 Å². The SMILES string of the molecule is O=C(NNC(=O)c1ccc(S(=O)(=O)C(F)F)cc1)c1ccccc1. The molecular weight excluding hydrogens is 342 g/mol. The lowest BCUT2D eigenvalue weighted by atomic mass is 10.2. The van der Waals surface area contributed by atoms with Gasteiger partial charge in [-0.25, -0.2) is 8.42 Å². The molecule has 2 rings (SSSR count). The van der Waals surface area contributed by atoms with Crippen LogP contribution in [0.4, 0.5) is 8.78 Å². The van der Waals surface area contributed by atoms with Gasteiger partial charge in [0.2, 0.25) is 9.84 Å². The van der Waals surface area contributed by atoms with E-state index in [0.717, 1.165) is 24.3 Å². The zero-order valence-corrected chi connectivity index (χ0v) is 12.9. The van der Waals surface area contributed by atoms with Crippen LogP contribution in [0.2, 0.25) is 0 Å². The Kier molecular flexibility index (Phi) is 5.24. The first kappa shape index (κ1) is 17.5. The Bertz CT molecular complexity index is 838. The highest BCUT2D eigenvalue weighted by Gasteiger charge is 2.26. The van der Waals surface area contributed by atoms with Crippen LogP contribution in [0.1, 0.15) is 20.7 Å². The van der Waals surface area contributed by atoms with E-state index in [1.165, 1.54) is 0 Å². The van der Waals surface area contributed by atoms with E-state index in [9.17, 15) is 26.8 Å². The van der Waals surface area contributed by atoms with E-state index >= 15 is 0 Å². The van der Waals surface area contributed by atoms with Gasteiger partial charge in [-0.05, 0) is 36.4 Å². The molecule has 6 nitrogen and oxygen atoms in total. The molecule has 2 N–H and O–H groups in total. The molecule has 2 amide bonds. The lowest BCUT2D eigenvalue weighted by molar-refractivity contribution is 0.0846. The maximum Gasteiger partial charge on any atom is 0.341 e. The van der Waals surface area contributed by atoms with Gasteiger partial charge >= 0.3 is 5.76 Å². The third kappa shape index (κ3) is 3.93. The Labute approximate surface area is 136 Å². The van der Waals surface area contributed by atoms with Gasteiger partial charge < -0.3 is 0 Å². The third-order valence-electron chi connectivity index (χ3n) is 3.01. The Balaban J connectivity index is 2.02. The van der Waals surface area contributed by atoms with Crippen molar-refractivity contribution in [2.75, 3.05) is 0 Å². The number of rotatable bonds is 4. The summed E-state index contributed by atoms with van der Waals surface area (Å²) >= 11 is 0. The van der Waals surface area contributed by atoms with Crippen molar-refractivity contribution in [2.24, 2.45) is 0 Å². The van der Waals surface area contributed by atoms with E-state index in [-0.39, 0.29) is 5.56 Å². The molecule has 9 heteroatoms. The minimum Gasteiger partial charge on any atom is -0.267 e. The van der Waals surface area contributed by atoms with Crippen molar-refractivity contribution >= 4 is 21.7 Å². The minimum absolute atomic E-state index is 0.00317. The van der Waals surface area contributed by atoms with Gasteiger partial charge in [0.15, 0.2) is 0 Å². The summed E-state index contributed by atoms with van der Waals surface area (Å²) in [7, 11) is -4.72. The van der Waals surface area contributed by atoms with Crippen molar-refractivity contribution in [3.63, 3.8) is 0 Å². The van der Waals surface area contributed by atoms with E-state index in [4.69, 9.17) is 0 Å². The molecule has 0 aliphatic rings. The second-order valence-corrected chi connectivity index (χ2v) is 6.52. The van der Waals surface area contributed by atoms with E-state index in [2.05, 4.69) is 10.9 Å². The number of amides is 2. The van der Waals surface area contributed by atoms with Crippen molar-refractivity contribution < 1.29 is 26.8 Å². The minimum atomic E-state index is -4.72. The van der Waals surface area contributed by atoms with Gasteiger partial charge in [0.25, 0.3) is 11.8 Å². The lowest BCUT2D eigenvalue weighted by Crippen LogP contribution is -2.41. The third-order valence-corrected chi connectivity index (χ3v) is 4.40. The second-order valence-electron chi connectivity index (χ2n) is 4.60. The largest absolute Gasteiger partial charge is 0.341 e. The average Bonchev–Trinajstić information content (AvgIpc) is 2.60. The van der Waals surface area contributed by atoms with E-state index < -0.39 is 32.3 Å². The smallest absolute Gasteiger partial charge is 0.267 e. The number of benzene rings is 2. The molecule has 0 fully saturated rings. The summed E-state index contributed by atoms with van der Waals surface area (Å²) in [4.78, 5) is 23.0. The van der Waals surface area contributed by atoms with Crippen LogP contribution in [0.15, 0.2) is 59.5 Å². The van der Waals surface area contributed by atoms with Gasteiger partial charge in [-0.1, -0.05) is 18.2 Å². The Hall–Kier alpha value is -2.81. The number of hydrogen-bond donors (Lipinski definition) is 2. The summed E-state index contributed by atoms with van der Waals surface area (Å²) in [5.74, 6) is -4.80. The molecule has 2 aromatic rings. The quantitative estimate of drug-likeness (QED) is 0.819. The molecular formula is C15H12F2N2O4S. The topological polar surface area (TPSA) is 92.3 Å². The highest BCUT2D eigenvalue weighted by Crippen LogP contribution is 2.18. The molecule has 0 aliphatic carbocycles. The first-order valence-electron chi connectivity index (χ1n) is 6.60. The van der Waals surface area contributed by atoms with Crippen molar-refractivity contribution in [1.29, 1.82) is 0 Å². The highest BCUT2D eigenvalue weighted by atomic mass is 32.2. The van der Waals surface area contributed by atoms with Crippen LogP contribution in [-0.4, -0.2) is 26.0 Å². The first-order chi connectivity index (χ1) is 11.3. The van der Waals surface area contributed by atoms with Crippen LogP contribution >= 0.6 is 0 Å². The average molecular weight is 354 g/mol. The number of carbonyl (C=O) groups is 2. The highest BCUT2D eigenvalue weighted by molar-refractivity contribution is 7.91. The second kappa shape index (κ2) is 7.18. The van der Waals surface area contributed by atoms with Crippen LogP contribution in [0.5, 0.6) is 0 Å². The number of hydrazine groups is 1. The molecule has 0 aliphatic heterocycles. The van der Waals surface area contributed by atoms with E-state index in [1.54, 1.807) is 30.3 Å². The molecule has 24 heavy (non-hydrogen) atoms. The molecule has 0 saturated heterocycles. The maximum atomic E-state index is 12.4. The lowest BCUT2D eigenvalue weighted by Gasteiger charge is -2.08. The van der Waals surface area contributed by atoms with Crippen LogP contribution in [0.25, 0.3) is 0 Å². The summed E-state index contributed by atoms with van der Waals surface area (Å²) in [6.07, 6.45) is 0. The summed E-state index contributed by atoms with van der Waals surface area (Å²) in [5, 5.41) is 0. The van der Waals surface area contributed by atoms with Gasteiger partial charge in [0.05, 0.1) is 4.90 Å². The van der Waals surface area contributed by atoms with Crippen LogP contribution in [0, 0.1) is 0 Å². The summed E-state index contributed by atoms with van der Waals surface area (Å²) in [6, 6.07) is 12.1. The fraction of sp³-hybridized carbons (Fsp3) is 0.0667. The molecule has 0 aromatic heterocycles. The predicted octanol–water partition coefficient (Wildman–Crippen LogP) is 1.76. The standard InChI is InChI=1S/C15H12F2N2O4S/c16-15(17)24(22,23)12-8-6-11(7-9-12)14(21)19-18-13(20)10-4-2-1-3-5-10/h1-9,15H,(H,18,20)(H,19,21). The van der Waals surface area contributed by atoms with Gasteiger partial charge in [-0.15, -0.1) is 0 Å². The fourth-order valence-corrected chi connectivity index (χ4v) is 2.47.